The minimum absolute atomic E-state index is 0. The van der Waals surface area contributed by atoms with E-state index in [-0.39, 0.29) is 18.3 Å². The molecular weight excluding hydrogens is 288 g/mol. The molecule has 0 aliphatic rings. The van der Waals surface area contributed by atoms with Crippen LogP contribution in [-0.2, 0) is 17.8 Å². The highest BCUT2D eigenvalue weighted by molar-refractivity contribution is 5.85. The van der Waals surface area contributed by atoms with Gasteiger partial charge in [-0.3, -0.25) is 4.79 Å². The second-order valence-electron chi connectivity index (χ2n) is 4.61. The molecule has 1 amide bonds. The van der Waals surface area contributed by atoms with Gasteiger partial charge in [-0.25, -0.2) is 9.97 Å². The van der Waals surface area contributed by atoms with Crippen molar-refractivity contribution >= 4 is 18.3 Å². The molecule has 0 unspecified atom stereocenters. The van der Waals surface area contributed by atoms with E-state index in [1.54, 1.807) is 12.3 Å². The van der Waals surface area contributed by atoms with Gasteiger partial charge in [-0.2, -0.15) is 0 Å². The highest BCUT2D eigenvalue weighted by atomic mass is 35.5. The first kappa shape index (κ1) is 17.1. The van der Waals surface area contributed by atoms with E-state index < -0.39 is 6.04 Å². The van der Waals surface area contributed by atoms with Crippen LogP contribution in [0, 0.1) is 6.92 Å². The maximum atomic E-state index is 11.9. The van der Waals surface area contributed by atoms with Crippen molar-refractivity contribution < 1.29 is 4.79 Å². The van der Waals surface area contributed by atoms with Crippen LogP contribution in [0.5, 0.6) is 0 Å². The van der Waals surface area contributed by atoms with Gasteiger partial charge in [-0.15, -0.1) is 12.4 Å². The zero-order valence-corrected chi connectivity index (χ0v) is 12.6. The Hall–Kier alpha value is -1.98. The maximum Gasteiger partial charge on any atom is 0.237 e. The summed E-state index contributed by atoms with van der Waals surface area (Å²) < 4.78 is 0. The number of nitrogens with two attached hydrogens (primary N) is 1. The summed E-state index contributed by atoms with van der Waals surface area (Å²) in [7, 11) is 0. The number of halogens is 1. The van der Waals surface area contributed by atoms with Crippen molar-refractivity contribution in [2.24, 2.45) is 5.73 Å². The molecule has 2 rings (SSSR count). The van der Waals surface area contributed by atoms with Gasteiger partial charge in [0.05, 0.1) is 18.3 Å². The number of carbonyl (C=O) groups is 1. The molecule has 6 heteroatoms. The van der Waals surface area contributed by atoms with Crippen molar-refractivity contribution in [2.75, 3.05) is 0 Å². The van der Waals surface area contributed by atoms with Gasteiger partial charge >= 0.3 is 0 Å². The number of hydrogen-bond donors (Lipinski definition) is 2. The van der Waals surface area contributed by atoms with E-state index in [1.807, 2.05) is 37.3 Å². The Bertz CT molecular complexity index is 577. The predicted molar refractivity (Wildman–Crippen MR) is 84.0 cm³/mol. The summed E-state index contributed by atoms with van der Waals surface area (Å²) in [5.74, 6) is 0.510. The average Bonchev–Trinajstić information content (AvgIpc) is 2.46. The van der Waals surface area contributed by atoms with Crippen molar-refractivity contribution in [1.82, 2.24) is 15.3 Å². The first-order chi connectivity index (χ1) is 9.65. The zero-order valence-electron chi connectivity index (χ0n) is 11.8. The molecule has 0 aliphatic heterocycles. The first-order valence-electron chi connectivity index (χ1n) is 6.51. The van der Waals surface area contributed by atoms with Crippen LogP contribution in [0.2, 0.25) is 0 Å². The summed E-state index contributed by atoms with van der Waals surface area (Å²) in [5.41, 5.74) is 7.72. The molecule has 0 saturated heterocycles. The maximum absolute atomic E-state index is 11.9. The van der Waals surface area contributed by atoms with E-state index >= 15 is 0 Å². The number of hydrogen-bond acceptors (Lipinski definition) is 4. The number of benzene rings is 1. The van der Waals surface area contributed by atoms with Crippen LogP contribution < -0.4 is 11.1 Å². The monoisotopic (exact) mass is 306 g/mol. The quantitative estimate of drug-likeness (QED) is 0.875. The first-order valence-corrected chi connectivity index (χ1v) is 6.51. The van der Waals surface area contributed by atoms with Gasteiger partial charge < -0.3 is 11.1 Å². The smallest absolute Gasteiger partial charge is 0.237 e. The van der Waals surface area contributed by atoms with Gasteiger partial charge in [-0.05, 0) is 25.0 Å². The zero-order chi connectivity index (χ0) is 14.4. The lowest BCUT2D eigenvalue weighted by atomic mass is 10.1. The van der Waals surface area contributed by atoms with E-state index in [2.05, 4.69) is 15.3 Å². The standard InChI is InChI=1S/C15H18N4O.ClH/c1-11-17-8-7-13(19-11)10-18-15(20)14(16)9-12-5-3-2-4-6-12;/h2-8,14H,9-10,16H2,1H3,(H,18,20);1H/t14-;/m0./s1. The second-order valence-corrected chi connectivity index (χ2v) is 4.61. The number of amides is 1. The Morgan fingerprint density at radius 2 is 2.00 bits per heavy atom. The molecule has 1 aromatic carbocycles. The molecule has 1 aromatic heterocycles. The van der Waals surface area contributed by atoms with Crippen molar-refractivity contribution in [1.29, 1.82) is 0 Å². The van der Waals surface area contributed by atoms with Gasteiger partial charge in [0.2, 0.25) is 5.91 Å². The minimum Gasteiger partial charge on any atom is -0.349 e. The molecule has 0 aliphatic carbocycles. The summed E-state index contributed by atoms with van der Waals surface area (Å²) in [4.78, 5) is 20.2. The molecule has 0 saturated carbocycles. The molecule has 2 aromatic rings. The fourth-order valence-corrected chi connectivity index (χ4v) is 1.87. The van der Waals surface area contributed by atoms with Crippen molar-refractivity contribution in [3.05, 3.63) is 59.7 Å². The van der Waals surface area contributed by atoms with E-state index in [0.29, 0.717) is 18.8 Å². The predicted octanol–water partition coefficient (Wildman–Crippen LogP) is 1.39. The van der Waals surface area contributed by atoms with Crippen molar-refractivity contribution in [2.45, 2.75) is 25.9 Å². The van der Waals surface area contributed by atoms with Crippen LogP contribution >= 0.6 is 12.4 Å². The Labute approximate surface area is 130 Å². The molecular formula is C15H19ClN4O. The van der Waals surface area contributed by atoms with E-state index in [4.69, 9.17) is 5.73 Å². The van der Waals surface area contributed by atoms with Gasteiger partial charge in [-0.1, -0.05) is 30.3 Å². The van der Waals surface area contributed by atoms with Gasteiger partial charge in [0, 0.05) is 6.20 Å². The lowest BCUT2D eigenvalue weighted by molar-refractivity contribution is -0.122. The van der Waals surface area contributed by atoms with E-state index in [1.165, 1.54) is 0 Å². The average molecular weight is 307 g/mol. The number of nitrogens with zero attached hydrogens (tertiary/aromatic N) is 2. The number of carbonyl (C=O) groups excluding carboxylic acids is 1. The summed E-state index contributed by atoms with van der Waals surface area (Å²) in [6, 6.07) is 10.9. The summed E-state index contributed by atoms with van der Waals surface area (Å²) in [5, 5.41) is 2.79. The molecule has 5 nitrogen and oxygen atoms in total. The molecule has 0 radical (unpaired) electrons. The van der Waals surface area contributed by atoms with Crippen LogP contribution in [-0.4, -0.2) is 21.9 Å². The normalized spacial score (nSPS) is 11.3. The molecule has 1 heterocycles. The van der Waals surface area contributed by atoms with Crippen molar-refractivity contribution in [3.8, 4) is 0 Å². The molecule has 0 bridgehead atoms. The Morgan fingerprint density at radius 3 is 2.67 bits per heavy atom. The molecule has 112 valence electrons. The summed E-state index contributed by atoms with van der Waals surface area (Å²) in [6.45, 7) is 2.18. The fourth-order valence-electron chi connectivity index (χ4n) is 1.87. The lowest BCUT2D eigenvalue weighted by Crippen LogP contribution is -2.41. The van der Waals surface area contributed by atoms with Crippen LogP contribution in [0.4, 0.5) is 0 Å². The molecule has 3 N–H and O–H groups in total. The third kappa shape index (κ3) is 5.49. The summed E-state index contributed by atoms with van der Waals surface area (Å²) >= 11 is 0. The Kier molecular flexibility index (Phi) is 6.78. The lowest BCUT2D eigenvalue weighted by Gasteiger charge is -2.12. The van der Waals surface area contributed by atoms with E-state index in [0.717, 1.165) is 11.3 Å². The SMILES string of the molecule is Cc1nccc(CNC(=O)[C@@H](N)Cc2ccccc2)n1.Cl. The highest BCUT2D eigenvalue weighted by Gasteiger charge is 2.13. The van der Waals surface area contributed by atoms with Crippen LogP contribution in [0.15, 0.2) is 42.6 Å². The molecule has 1 atom stereocenters. The molecule has 21 heavy (non-hydrogen) atoms. The largest absolute Gasteiger partial charge is 0.349 e. The van der Waals surface area contributed by atoms with Gasteiger partial charge in [0.15, 0.2) is 0 Å². The number of rotatable bonds is 5. The Balaban J connectivity index is 0.00000220. The number of aromatic nitrogens is 2. The van der Waals surface area contributed by atoms with Crippen LogP contribution in [0.3, 0.4) is 0 Å². The number of nitrogens with one attached hydrogen (secondary N) is 1. The summed E-state index contributed by atoms with van der Waals surface area (Å²) in [6.07, 6.45) is 2.20. The minimum atomic E-state index is -0.555. The molecule has 0 spiro atoms. The Morgan fingerprint density at radius 1 is 1.29 bits per heavy atom. The van der Waals surface area contributed by atoms with Crippen LogP contribution in [0.25, 0.3) is 0 Å². The number of aryl methyl sites for hydroxylation is 1. The van der Waals surface area contributed by atoms with E-state index in [9.17, 15) is 4.79 Å². The van der Waals surface area contributed by atoms with Gasteiger partial charge in [0.25, 0.3) is 0 Å². The second kappa shape index (κ2) is 8.34. The molecule has 0 fully saturated rings. The highest BCUT2D eigenvalue weighted by Crippen LogP contribution is 2.02. The third-order valence-corrected chi connectivity index (χ3v) is 2.91. The fraction of sp³-hybridized carbons (Fsp3) is 0.267. The van der Waals surface area contributed by atoms with Crippen LogP contribution in [0.1, 0.15) is 17.1 Å². The third-order valence-electron chi connectivity index (χ3n) is 2.91. The topological polar surface area (TPSA) is 80.9 Å². The van der Waals surface area contributed by atoms with Gasteiger partial charge in [0.1, 0.15) is 5.82 Å². The van der Waals surface area contributed by atoms with Crippen molar-refractivity contribution in [3.63, 3.8) is 0 Å².